The van der Waals surface area contributed by atoms with E-state index in [0.717, 1.165) is 41.3 Å². The van der Waals surface area contributed by atoms with Crippen LogP contribution in [-0.2, 0) is 0 Å². The lowest BCUT2D eigenvalue weighted by Gasteiger charge is -2.12. The summed E-state index contributed by atoms with van der Waals surface area (Å²) in [5, 5.41) is 0. The van der Waals surface area contributed by atoms with E-state index in [9.17, 15) is 0 Å². The average Bonchev–Trinajstić information content (AvgIpc) is 2.73. The minimum Gasteiger partial charge on any atom is -0.456 e. The van der Waals surface area contributed by atoms with Gasteiger partial charge in [-0.25, -0.2) is 0 Å². The molecule has 0 saturated heterocycles. The van der Waals surface area contributed by atoms with Crippen molar-refractivity contribution in [1.82, 2.24) is 0 Å². The molecule has 4 heteroatoms. The van der Waals surface area contributed by atoms with Gasteiger partial charge in [-0.2, -0.15) is 0 Å². The van der Waals surface area contributed by atoms with Gasteiger partial charge < -0.3 is 9.47 Å². The molecule has 0 atom stereocenters. The highest BCUT2D eigenvalue weighted by molar-refractivity contribution is 14.1. The fourth-order valence-electron chi connectivity index (χ4n) is 2.75. The molecule has 2 nitrogen and oxygen atoms in total. The van der Waals surface area contributed by atoms with E-state index in [1.807, 2.05) is 60.7 Å². The van der Waals surface area contributed by atoms with Gasteiger partial charge in [0.1, 0.15) is 23.0 Å². The minimum atomic E-state index is 0.827. The van der Waals surface area contributed by atoms with Gasteiger partial charge in [0, 0.05) is 0 Å². The fraction of sp³-hybridized carbons (Fsp3) is 0. The van der Waals surface area contributed by atoms with E-state index in [2.05, 4.69) is 81.6 Å². The van der Waals surface area contributed by atoms with Crippen molar-refractivity contribution < 1.29 is 9.47 Å². The van der Waals surface area contributed by atoms with Gasteiger partial charge in [-0.1, -0.05) is 48.5 Å². The molecule has 0 aliphatic carbocycles. The predicted octanol–water partition coefficient (Wildman–Crippen LogP) is 8.15. The molecule has 0 radical (unpaired) electrons. The van der Waals surface area contributed by atoms with Gasteiger partial charge in [0.15, 0.2) is 0 Å². The van der Waals surface area contributed by atoms with Crippen LogP contribution in [0.4, 0.5) is 0 Å². The van der Waals surface area contributed by atoms with Gasteiger partial charge in [0.2, 0.25) is 0 Å². The number of hydrogen-bond donors (Lipinski definition) is 0. The normalized spacial score (nSPS) is 10.5. The molecule has 4 aromatic rings. The van der Waals surface area contributed by atoms with Crippen LogP contribution < -0.4 is 9.47 Å². The molecule has 28 heavy (non-hydrogen) atoms. The fourth-order valence-corrected chi connectivity index (χ4v) is 3.64. The quantitative estimate of drug-likeness (QED) is 0.219. The summed E-state index contributed by atoms with van der Waals surface area (Å²) in [5.41, 5.74) is 2.17. The number of para-hydroxylation sites is 2. The Balaban J connectivity index is 1.65. The molecule has 138 valence electrons. The highest BCUT2D eigenvalue weighted by Gasteiger charge is 2.09. The topological polar surface area (TPSA) is 18.5 Å². The standard InChI is InChI=1S/C24H16I2O2/c25-21-13-11-17(15-23(21)27-19-7-3-1-4-8-19)18-12-14-22(26)24(16-18)28-20-9-5-2-6-10-20/h1-16H. The molecule has 0 N–H and O–H groups in total. The third-order valence-corrected chi connectivity index (χ3v) is 5.92. The molecule has 0 aliphatic rings. The minimum absolute atomic E-state index is 0.827. The van der Waals surface area contributed by atoms with Crippen LogP contribution in [0.5, 0.6) is 23.0 Å². The zero-order valence-corrected chi connectivity index (χ0v) is 19.1. The number of rotatable bonds is 5. The molecular weight excluding hydrogens is 574 g/mol. The summed E-state index contributed by atoms with van der Waals surface area (Å²) >= 11 is 4.60. The van der Waals surface area contributed by atoms with Crippen molar-refractivity contribution >= 4 is 45.2 Å². The van der Waals surface area contributed by atoms with Gasteiger partial charge in [-0.15, -0.1) is 0 Å². The van der Waals surface area contributed by atoms with Gasteiger partial charge in [-0.05, 0) is 105 Å². The van der Waals surface area contributed by atoms with E-state index in [1.54, 1.807) is 0 Å². The molecule has 0 aliphatic heterocycles. The number of hydrogen-bond acceptors (Lipinski definition) is 2. The van der Waals surface area contributed by atoms with E-state index in [0.29, 0.717) is 0 Å². The molecule has 0 bridgehead atoms. The van der Waals surface area contributed by atoms with Crippen LogP contribution >= 0.6 is 45.2 Å². The van der Waals surface area contributed by atoms with Gasteiger partial charge in [0.25, 0.3) is 0 Å². The van der Waals surface area contributed by atoms with E-state index in [1.165, 1.54) is 0 Å². The van der Waals surface area contributed by atoms with Crippen molar-refractivity contribution in [3.63, 3.8) is 0 Å². The van der Waals surface area contributed by atoms with E-state index < -0.39 is 0 Å². The second-order valence-electron chi connectivity index (χ2n) is 6.12. The summed E-state index contributed by atoms with van der Waals surface area (Å²) in [4.78, 5) is 0. The van der Waals surface area contributed by atoms with Crippen molar-refractivity contribution in [3.05, 3.63) is 104 Å². The second-order valence-corrected chi connectivity index (χ2v) is 8.45. The van der Waals surface area contributed by atoms with Crippen molar-refractivity contribution in [1.29, 1.82) is 0 Å². The number of ether oxygens (including phenoxy) is 2. The average molecular weight is 590 g/mol. The Hall–Kier alpha value is -2.06. The van der Waals surface area contributed by atoms with Gasteiger partial charge >= 0.3 is 0 Å². The molecular formula is C24H16I2O2. The molecule has 0 saturated carbocycles. The van der Waals surface area contributed by atoms with Crippen molar-refractivity contribution in [3.8, 4) is 34.1 Å². The molecule has 0 fully saturated rings. The molecule has 0 unspecified atom stereocenters. The largest absolute Gasteiger partial charge is 0.456 e. The number of halogens is 2. The first-order chi connectivity index (χ1) is 13.7. The Morgan fingerprint density at radius 2 is 0.857 bits per heavy atom. The summed E-state index contributed by atoms with van der Waals surface area (Å²) in [6.07, 6.45) is 0. The molecule has 0 aromatic heterocycles. The molecule has 0 amide bonds. The Bertz CT molecular complexity index is 991. The summed E-state index contributed by atoms with van der Waals surface area (Å²) in [6, 6.07) is 32.2. The van der Waals surface area contributed by atoms with Crippen molar-refractivity contribution in [2.45, 2.75) is 0 Å². The van der Waals surface area contributed by atoms with Gasteiger partial charge in [0.05, 0.1) is 7.14 Å². The van der Waals surface area contributed by atoms with E-state index in [4.69, 9.17) is 9.47 Å². The summed E-state index contributed by atoms with van der Waals surface area (Å²) in [7, 11) is 0. The first-order valence-electron chi connectivity index (χ1n) is 8.74. The predicted molar refractivity (Wildman–Crippen MR) is 130 cm³/mol. The zero-order chi connectivity index (χ0) is 19.3. The monoisotopic (exact) mass is 590 g/mol. The maximum atomic E-state index is 6.08. The Morgan fingerprint density at radius 1 is 0.464 bits per heavy atom. The summed E-state index contributed by atoms with van der Waals surface area (Å²) < 4.78 is 14.3. The van der Waals surface area contributed by atoms with Crippen LogP contribution in [0.1, 0.15) is 0 Å². The first-order valence-corrected chi connectivity index (χ1v) is 10.9. The lowest BCUT2D eigenvalue weighted by Crippen LogP contribution is -1.91. The van der Waals surface area contributed by atoms with E-state index >= 15 is 0 Å². The van der Waals surface area contributed by atoms with Crippen molar-refractivity contribution in [2.24, 2.45) is 0 Å². The second kappa shape index (κ2) is 8.96. The Labute approximate surface area is 191 Å². The lowest BCUT2D eigenvalue weighted by molar-refractivity contribution is 0.478. The SMILES string of the molecule is Ic1ccc(-c2ccc(I)c(Oc3ccccc3)c2)cc1Oc1ccccc1. The maximum absolute atomic E-state index is 6.08. The molecule has 4 aromatic carbocycles. The Morgan fingerprint density at radius 3 is 1.25 bits per heavy atom. The van der Waals surface area contributed by atoms with Crippen LogP contribution in [0.3, 0.4) is 0 Å². The third-order valence-electron chi connectivity index (χ3n) is 4.14. The third kappa shape index (κ3) is 4.67. The summed E-state index contributed by atoms with van der Waals surface area (Å²) in [5.74, 6) is 3.34. The first kappa shape index (κ1) is 19.3. The van der Waals surface area contributed by atoms with Crippen LogP contribution in [0.25, 0.3) is 11.1 Å². The molecule has 0 spiro atoms. The smallest absolute Gasteiger partial charge is 0.141 e. The van der Waals surface area contributed by atoms with Crippen LogP contribution in [0.15, 0.2) is 97.1 Å². The zero-order valence-electron chi connectivity index (χ0n) is 14.8. The van der Waals surface area contributed by atoms with Crippen LogP contribution in [0.2, 0.25) is 0 Å². The summed E-state index contributed by atoms with van der Waals surface area (Å²) in [6.45, 7) is 0. The highest BCUT2D eigenvalue weighted by atomic mass is 127. The van der Waals surface area contributed by atoms with E-state index in [-0.39, 0.29) is 0 Å². The number of benzene rings is 4. The van der Waals surface area contributed by atoms with Gasteiger partial charge in [-0.3, -0.25) is 0 Å². The lowest BCUT2D eigenvalue weighted by atomic mass is 10.1. The van der Waals surface area contributed by atoms with Crippen LogP contribution in [0, 0.1) is 7.14 Å². The Kier molecular flexibility index (Phi) is 6.17. The maximum Gasteiger partial charge on any atom is 0.141 e. The highest BCUT2D eigenvalue weighted by Crippen LogP contribution is 2.35. The van der Waals surface area contributed by atoms with Crippen LogP contribution in [-0.4, -0.2) is 0 Å². The molecule has 4 rings (SSSR count). The molecule has 0 heterocycles. The van der Waals surface area contributed by atoms with Crippen molar-refractivity contribution in [2.75, 3.05) is 0 Å².